The Morgan fingerprint density at radius 2 is 2.03 bits per heavy atom. The molecule has 2 aromatic rings. The molecule has 3 rings (SSSR count). The lowest BCUT2D eigenvalue weighted by atomic mass is 9.90. The molecule has 0 aliphatic carbocycles. The Morgan fingerprint density at radius 3 is 2.64 bits per heavy atom. The summed E-state index contributed by atoms with van der Waals surface area (Å²) in [4.78, 5) is 24.6. The molecule has 0 radical (unpaired) electrons. The van der Waals surface area contributed by atoms with Crippen molar-refractivity contribution < 1.29 is 29.1 Å². The highest BCUT2D eigenvalue weighted by atomic mass is 19.1. The number of likely N-dealkylation sites (tertiary alicyclic amines) is 1. The van der Waals surface area contributed by atoms with Crippen LogP contribution in [-0.4, -0.2) is 82.6 Å². The molecular formula is C25H37FN4O6. The minimum absolute atomic E-state index is 0.0315. The summed E-state index contributed by atoms with van der Waals surface area (Å²) in [5, 5.41) is 35.5. The Balaban J connectivity index is 1.59. The zero-order chi connectivity index (χ0) is 26.5. The topological polar surface area (TPSA) is 130 Å². The summed E-state index contributed by atoms with van der Waals surface area (Å²) < 4.78 is 21.2. The molecule has 36 heavy (non-hydrogen) atoms. The van der Waals surface area contributed by atoms with Gasteiger partial charge in [-0.15, -0.1) is 0 Å². The van der Waals surface area contributed by atoms with Crippen LogP contribution < -0.4 is 5.32 Å². The minimum atomic E-state index is -0.945. The highest BCUT2D eigenvalue weighted by Crippen LogP contribution is 2.33. The zero-order valence-corrected chi connectivity index (χ0v) is 21.2. The van der Waals surface area contributed by atoms with Gasteiger partial charge in [0.2, 0.25) is 5.82 Å². The quantitative estimate of drug-likeness (QED) is 0.172. The van der Waals surface area contributed by atoms with Crippen LogP contribution in [0.2, 0.25) is 0 Å². The molecule has 200 valence electrons. The van der Waals surface area contributed by atoms with E-state index < -0.39 is 27.9 Å². The second kappa shape index (κ2) is 12.1. The third-order valence-electron chi connectivity index (χ3n) is 6.84. The number of benzene rings is 1. The standard InChI is InChI=1S/C25H37FN4O6/c1-4-36-24(33)17-5-8-28(9-6-17)10-7-27-14-19(32)15-29-21-13-20(26)22(30(34)35)11-18(21)12-23(29)25(2,3)16-31/h11-13,17,19,27,31-32H,4-10,14-16H2,1-3H3/t19-/m0/s1. The summed E-state index contributed by atoms with van der Waals surface area (Å²) in [6.45, 7) is 9.18. The Kier molecular flexibility index (Phi) is 9.40. The van der Waals surface area contributed by atoms with Crippen LogP contribution in [0.4, 0.5) is 10.1 Å². The fourth-order valence-corrected chi connectivity index (χ4v) is 4.68. The number of esters is 1. The van der Waals surface area contributed by atoms with Crippen LogP contribution in [0.15, 0.2) is 18.2 Å². The first-order valence-corrected chi connectivity index (χ1v) is 12.4. The van der Waals surface area contributed by atoms with Gasteiger partial charge in [0, 0.05) is 48.3 Å². The molecule has 2 heterocycles. The van der Waals surface area contributed by atoms with Crippen molar-refractivity contribution in [2.45, 2.75) is 51.7 Å². The lowest BCUT2D eigenvalue weighted by Gasteiger charge is -2.31. The number of aliphatic hydroxyl groups is 2. The van der Waals surface area contributed by atoms with Crippen LogP contribution >= 0.6 is 0 Å². The predicted molar refractivity (Wildman–Crippen MR) is 133 cm³/mol. The monoisotopic (exact) mass is 508 g/mol. The van der Waals surface area contributed by atoms with Crippen molar-refractivity contribution in [3.63, 3.8) is 0 Å². The van der Waals surface area contributed by atoms with Crippen molar-refractivity contribution in [1.82, 2.24) is 14.8 Å². The van der Waals surface area contributed by atoms with E-state index in [-0.39, 0.29) is 25.0 Å². The zero-order valence-electron chi connectivity index (χ0n) is 21.2. The molecule has 1 aliphatic heterocycles. The average molecular weight is 509 g/mol. The Bertz CT molecular complexity index is 1060. The maximum absolute atomic E-state index is 14.4. The van der Waals surface area contributed by atoms with E-state index in [4.69, 9.17) is 4.74 Å². The summed E-state index contributed by atoms with van der Waals surface area (Å²) in [5.74, 6) is -1.09. The van der Waals surface area contributed by atoms with Gasteiger partial charge >= 0.3 is 11.7 Å². The largest absolute Gasteiger partial charge is 0.466 e. The second-order valence-corrected chi connectivity index (χ2v) is 10.0. The molecule has 0 amide bonds. The molecular weight excluding hydrogens is 471 g/mol. The lowest BCUT2D eigenvalue weighted by molar-refractivity contribution is -0.387. The number of nitrogens with zero attached hydrogens (tertiary/aromatic N) is 3. The number of carbonyl (C=O) groups is 1. The van der Waals surface area contributed by atoms with Crippen molar-refractivity contribution in [2.75, 3.05) is 45.9 Å². The van der Waals surface area contributed by atoms with Crippen molar-refractivity contribution in [2.24, 2.45) is 5.92 Å². The number of carbonyl (C=O) groups excluding carboxylic acids is 1. The molecule has 1 atom stereocenters. The van der Waals surface area contributed by atoms with Crippen molar-refractivity contribution in [3.05, 3.63) is 39.8 Å². The molecule has 0 bridgehead atoms. The van der Waals surface area contributed by atoms with E-state index in [2.05, 4.69) is 10.2 Å². The number of halogens is 1. The number of hydrogen-bond acceptors (Lipinski definition) is 8. The third-order valence-corrected chi connectivity index (χ3v) is 6.84. The average Bonchev–Trinajstić information content (AvgIpc) is 3.19. The van der Waals surface area contributed by atoms with Crippen LogP contribution in [-0.2, 0) is 21.5 Å². The number of nitro benzene ring substituents is 1. The highest BCUT2D eigenvalue weighted by Gasteiger charge is 2.28. The second-order valence-electron chi connectivity index (χ2n) is 10.0. The first-order chi connectivity index (χ1) is 17.1. The Morgan fingerprint density at radius 1 is 1.33 bits per heavy atom. The van der Waals surface area contributed by atoms with Gasteiger partial charge in [0.1, 0.15) is 0 Å². The number of ether oxygens (including phenoxy) is 1. The molecule has 3 N–H and O–H groups in total. The fraction of sp³-hybridized carbons (Fsp3) is 0.640. The molecule has 11 heteroatoms. The van der Waals surface area contributed by atoms with Crippen molar-refractivity contribution in [3.8, 4) is 0 Å². The van der Waals surface area contributed by atoms with Gasteiger partial charge in [-0.25, -0.2) is 0 Å². The van der Waals surface area contributed by atoms with Gasteiger partial charge < -0.3 is 29.7 Å². The van der Waals surface area contributed by atoms with E-state index in [1.807, 2.05) is 20.8 Å². The van der Waals surface area contributed by atoms with Gasteiger partial charge in [-0.3, -0.25) is 14.9 Å². The molecule has 0 saturated carbocycles. The van der Waals surface area contributed by atoms with Gasteiger partial charge in [-0.2, -0.15) is 4.39 Å². The van der Waals surface area contributed by atoms with E-state index in [0.717, 1.165) is 38.5 Å². The first kappa shape index (κ1) is 28.0. The summed E-state index contributed by atoms with van der Waals surface area (Å²) in [5.41, 5.74) is -0.226. The molecule has 0 unspecified atom stereocenters. The molecule has 10 nitrogen and oxygen atoms in total. The number of aliphatic hydroxyl groups excluding tert-OH is 2. The molecule has 1 saturated heterocycles. The van der Waals surface area contributed by atoms with Crippen LogP contribution in [0, 0.1) is 21.8 Å². The highest BCUT2D eigenvalue weighted by molar-refractivity contribution is 5.84. The van der Waals surface area contributed by atoms with Gasteiger partial charge in [0.25, 0.3) is 0 Å². The summed E-state index contributed by atoms with van der Waals surface area (Å²) in [7, 11) is 0. The first-order valence-electron chi connectivity index (χ1n) is 12.4. The van der Waals surface area contributed by atoms with Gasteiger partial charge in [-0.05, 0) is 38.9 Å². The van der Waals surface area contributed by atoms with Crippen LogP contribution in [0.5, 0.6) is 0 Å². The van der Waals surface area contributed by atoms with Crippen LogP contribution in [0.25, 0.3) is 10.9 Å². The third kappa shape index (κ3) is 6.58. The number of aromatic nitrogens is 1. The maximum Gasteiger partial charge on any atom is 0.309 e. The van der Waals surface area contributed by atoms with Crippen LogP contribution in [0.3, 0.4) is 0 Å². The fourth-order valence-electron chi connectivity index (χ4n) is 4.68. The van der Waals surface area contributed by atoms with Gasteiger partial charge in [0.05, 0.1) is 42.2 Å². The Labute approximate surface area is 210 Å². The Hall–Kier alpha value is -2.60. The van der Waals surface area contributed by atoms with Gasteiger partial charge in [0.15, 0.2) is 0 Å². The van der Waals surface area contributed by atoms with E-state index in [9.17, 15) is 29.5 Å². The van der Waals surface area contributed by atoms with Crippen molar-refractivity contribution >= 4 is 22.6 Å². The van der Waals surface area contributed by atoms with E-state index in [0.29, 0.717) is 36.3 Å². The van der Waals surface area contributed by atoms with Crippen molar-refractivity contribution in [1.29, 1.82) is 0 Å². The normalized spacial score (nSPS) is 16.4. The summed E-state index contributed by atoms with van der Waals surface area (Å²) in [6.07, 6.45) is 0.752. The predicted octanol–water partition coefficient (Wildman–Crippen LogP) is 2.18. The molecule has 1 aromatic carbocycles. The number of rotatable bonds is 12. The number of piperidine rings is 1. The molecule has 0 spiro atoms. The summed E-state index contributed by atoms with van der Waals surface area (Å²) >= 11 is 0. The lowest BCUT2D eigenvalue weighted by Crippen LogP contribution is -2.41. The number of nitro groups is 1. The maximum atomic E-state index is 14.4. The molecule has 1 fully saturated rings. The van der Waals surface area contributed by atoms with Crippen LogP contribution in [0.1, 0.15) is 39.3 Å². The van der Waals surface area contributed by atoms with E-state index in [1.54, 1.807) is 10.6 Å². The molecule has 1 aromatic heterocycles. The van der Waals surface area contributed by atoms with Gasteiger partial charge in [-0.1, -0.05) is 13.8 Å². The van der Waals surface area contributed by atoms with E-state index in [1.165, 1.54) is 6.07 Å². The number of fused-ring (bicyclic) bond motifs is 1. The van der Waals surface area contributed by atoms with E-state index >= 15 is 0 Å². The number of hydrogen-bond donors (Lipinski definition) is 3. The number of nitrogens with one attached hydrogen (secondary N) is 1. The SMILES string of the molecule is CCOC(=O)C1CCN(CCNC[C@H](O)Cn2c(C(C)(C)CO)cc3cc([N+](=O)[O-])c(F)cc32)CC1. The minimum Gasteiger partial charge on any atom is -0.466 e. The molecule has 1 aliphatic rings. The summed E-state index contributed by atoms with van der Waals surface area (Å²) in [6, 6.07) is 4.01. The smallest absolute Gasteiger partial charge is 0.309 e.